The van der Waals surface area contributed by atoms with E-state index in [4.69, 9.17) is 19.9 Å². The van der Waals surface area contributed by atoms with Crippen molar-refractivity contribution in [2.75, 3.05) is 0 Å². The van der Waals surface area contributed by atoms with E-state index in [9.17, 15) is 0 Å². The number of aromatic nitrogens is 4. The van der Waals surface area contributed by atoms with Crippen LogP contribution in [0.2, 0.25) is 0 Å². The molecular formula is C32H58BaN4. The molecule has 0 aliphatic carbocycles. The Bertz CT molecular complexity index is 848. The standard InChI is InChI=1S/2C16H29N2.Ba/c2*1-10-16(8,9)13-17-11(14(2,3)4)12(18-13)15(5,6)7;/h2*10H2,1-9H3;/q2*-1;+2. The topological polar surface area (TPSA) is 54.0 Å². The first-order chi connectivity index (χ1) is 15.8. The predicted molar refractivity (Wildman–Crippen MR) is 162 cm³/mol. The Kier molecular flexibility index (Phi) is 12.2. The fraction of sp³-hybridized carbons (Fsp3) is 0.812. The van der Waals surface area contributed by atoms with E-state index in [2.05, 4.69) is 125 Å². The van der Waals surface area contributed by atoms with Gasteiger partial charge in [-0.15, -0.1) is 0 Å². The van der Waals surface area contributed by atoms with E-state index in [0.29, 0.717) is 0 Å². The molecule has 0 aromatic carbocycles. The fourth-order valence-corrected chi connectivity index (χ4v) is 3.70. The number of hydrogen-bond donors (Lipinski definition) is 0. The summed E-state index contributed by atoms with van der Waals surface area (Å²) in [6.45, 7) is 39.9. The van der Waals surface area contributed by atoms with Crippen molar-refractivity contribution in [3.05, 3.63) is 34.4 Å². The molecule has 37 heavy (non-hydrogen) atoms. The van der Waals surface area contributed by atoms with Gasteiger partial charge in [0.1, 0.15) is 0 Å². The van der Waals surface area contributed by atoms with Gasteiger partial charge in [0.2, 0.25) is 0 Å². The summed E-state index contributed by atoms with van der Waals surface area (Å²) in [5.41, 5.74) is 4.97. The SMILES string of the molecule is CCC(C)(C)c1nc(C(C)(C)C)c(C(C)(C)C)[n-]1.CCC(C)(C)c1nc(C(C)(C)C)c(C(C)(C)C)[n-]1.[Ba+2]. The Morgan fingerprint density at radius 1 is 0.459 bits per heavy atom. The molecule has 0 aliphatic heterocycles. The van der Waals surface area contributed by atoms with Crippen LogP contribution < -0.4 is 9.97 Å². The Morgan fingerprint density at radius 2 is 0.703 bits per heavy atom. The summed E-state index contributed by atoms with van der Waals surface area (Å²) in [6.07, 6.45) is 2.12. The molecule has 208 valence electrons. The van der Waals surface area contributed by atoms with Crippen molar-refractivity contribution in [2.45, 2.75) is 170 Å². The second-order valence-electron chi connectivity index (χ2n) is 16.0. The van der Waals surface area contributed by atoms with Crippen LogP contribution in [0, 0.1) is 0 Å². The second-order valence-corrected chi connectivity index (χ2v) is 16.0. The van der Waals surface area contributed by atoms with E-state index in [1.807, 2.05) is 0 Å². The third kappa shape index (κ3) is 9.55. The fourth-order valence-electron chi connectivity index (χ4n) is 3.70. The van der Waals surface area contributed by atoms with Crippen molar-refractivity contribution in [3.63, 3.8) is 0 Å². The Hall–Kier alpha value is -0.00857. The molecule has 2 aromatic rings. The Morgan fingerprint density at radius 3 is 0.838 bits per heavy atom. The molecule has 0 atom stereocenters. The third-order valence-corrected chi connectivity index (χ3v) is 7.14. The maximum Gasteiger partial charge on any atom is 2.00 e. The molecule has 0 unspecified atom stereocenters. The van der Waals surface area contributed by atoms with E-state index in [0.717, 1.165) is 47.3 Å². The molecule has 0 amide bonds. The van der Waals surface area contributed by atoms with Crippen LogP contribution in [0.3, 0.4) is 0 Å². The third-order valence-electron chi connectivity index (χ3n) is 7.14. The van der Waals surface area contributed by atoms with Crippen molar-refractivity contribution in [2.24, 2.45) is 0 Å². The molecule has 0 fully saturated rings. The van der Waals surface area contributed by atoms with Crippen LogP contribution in [-0.2, 0) is 32.5 Å². The van der Waals surface area contributed by atoms with Gasteiger partial charge in [0.15, 0.2) is 0 Å². The average molecular weight is 636 g/mol. The maximum absolute atomic E-state index is 4.88. The zero-order chi connectivity index (χ0) is 28.7. The molecule has 0 spiro atoms. The minimum absolute atomic E-state index is 0. The molecule has 4 nitrogen and oxygen atoms in total. The molecule has 0 saturated carbocycles. The molecule has 0 aliphatic rings. The zero-order valence-corrected chi connectivity index (χ0v) is 32.4. The minimum atomic E-state index is 0. The molecule has 2 aromatic heterocycles. The molecule has 5 heteroatoms. The summed E-state index contributed by atoms with van der Waals surface area (Å²) >= 11 is 0. The first kappa shape index (κ1) is 37.0. The van der Waals surface area contributed by atoms with Gasteiger partial charge in [-0.05, 0) is 45.3 Å². The second kappa shape index (κ2) is 12.2. The molecule has 0 saturated heterocycles. The number of hydrogen-bond acceptors (Lipinski definition) is 2. The summed E-state index contributed by atoms with van der Waals surface area (Å²) in [5.74, 6) is 2.00. The van der Waals surface area contributed by atoms with Crippen LogP contribution in [0.1, 0.15) is 172 Å². The summed E-state index contributed by atoms with van der Waals surface area (Å²) in [7, 11) is 0. The Labute approximate surface area is 270 Å². The van der Waals surface area contributed by atoms with Crippen molar-refractivity contribution in [3.8, 4) is 0 Å². The first-order valence-corrected chi connectivity index (χ1v) is 13.9. The molecule has 0 radical (unpaired) electrons. The van der Waals surface area contributed by atoms with Crippen LogP contribution in [0.15, 0.2) is 0 Å². The smallest absolute Gasteiger partial charge is 0.442 e. The van der Waals surface area contributed by atoms with Gasteiger partial charge in [-0.3, -0.25) is 0 Å². The van der Waals surface area contributed by atoms with Crippen molar-refractivity contribution < 1.29 is 0 Å². The van der Waals surface area contributed by atoms with Gasteiger partial charge < -0.3 is 19.9 Å². The largest absolute Gasteiger partial charge is 2.00 e. The van der Waals surface area contributed by atoms with E-state index in [1.165, 1.54) is 0 Å². The van der Waals surface area contributed by atoms with Crippen LogP contribution >= 0.6 is 0 Å². The van der Waals surface area contributed by atoms with E-state index in [-0.39, 0.29) is 81.4 Å². The van der Waals surface area contributed by atoms with Crippen molar-refractivity contribution >= 4 is 48.9 Å². The summed E-state index contributed by atoms with van der Waals surface area (Å²) in [4.78, 5) is 19.5. The minimum Gasteiger partial charge on any atom is -0.442 e. The van der Waals surface area contributed by atoms with E-state index >= 15 is 0 Å². The van der Waals surface area contributed by atoms with Crippen molar-refractivity contribution in [1.82, 2.24) is 19.9 Å². The van der Waals surface area contributed by atoms with Gasteiger partial charge in [0.25, 0.3) is 0 Å². The summed E-state index contributed by atoms with van der Waals surface area (Å²) < 4.78 is 0. The molecule has 0 bridgehead atoms. The van der Waals surface area contributed by atoms with E-state index < -0.39 is 0 Å². The van der Waals surface area contributed by atoms with Crippen LogP contribution in [-0.4, -0.2) is 58.8 Å². The zero-order valence-electron chi connectivity index (χ0n) is 27.9. The number of imidazole rings is 2. The van der Waals surface area contributed by atoms with Gasteiger partial charge in [0.05, 0.1) is 0 Å². The van der Waals surface area contributed by atoms with Crippen LogP contribution in [0.5, 0.6) is 0 Å². The summed E-state index contributed by atoms with van der Waals surface area (Å²) in [5, 5.41) is 0. The normalized spacial score (nSPS) is 13.7. The van der Waals surface area contributed by atoms with Gasteiger partial charge in [-0.1, -0.05) is 159 Å². The summed E-state index contributed by atoms with van der Waals surface area (Å²) in [6, 6.07) is 0. The molecule has 2 heterocycles. The van der Waals surface area contributed by atoms with Gasteiger partial charge >= 0.3 is 48.9 Å². The molecule has 2 rings (SSSR count). The predicted octanol–water partition coefficient (Wildman–Crippen LogP) is 8.26. The van der Waals surface area contributed by atoms with Gasteiger partial charge in [-0.25, -0.2) is 0 Å². The van der Waals surface area contributed by atoms with Gasteiger partial charge in [0, 0.05) is 0 Å². The monoisotopic (exact) mass is 636 g/mol. The first-order valence-electron chi connectivity index (χ1n) is 13.9. The van der Waals surface area contributed by atoms with E-state index in [1.54, 1.807) is 0 Å². The maximum atomic E-state index is 4.88. The van der Waals surface area contributed by atoms with Crippen LogP contribution in [0.4, 0.5) is 0 Å². The average Bonchev–Trinajstić information content (AvgIpc) is 3.33. The number of rotatable bonds is 4. The quantitative estimate of drug-likeness (QED) is 0.318. The van der Waals surface area contributed by atoms with Gasteiger partial charge in [-0.2, -0.15) is 0 Å². The number of nitrogens with zero attached hydrogens (tertiary/aromatic N) is 4. The Balaban J connectivity index is 0.000000682. The molecular weight excluding hydrogens is 578 g/mol. The van der Waals surface area contributed by atoms with Crippen molar-refractivity contribution in [1.29, 1.82) is 0 Å². The molecule has 0 N–H and O–H groups in total. The van der Waals surface area contributed by atoms with Crippen LogP contribution in [0.25, 0.3) is 0 Å².